The Kier molecular flexibility index (Phi) is 4.92. The quantitative estimate of drug-likeness (QED) is 0.654. The largest absolute Gasteiger partial charge is 0.440 e. The van der Waals surface area contributed by atoms with Crippen molar-refractivity contribution in [2.24, 2.45) is 0 Å². The number of anilines is 2. The summed E-state index contributed by atoms with van der Waals surface area (Å²) in [5, 5.41) is 3.85. The van der Waals surface area contributed by atoms with Crippen molar-refractivity contribution in [3.63, 3.8) is 0 Å². The minimum absolute atomic E-state index is 0.116. The number of halogens is 1. The highest BCUT2D eigenvalue weighted by Gasteiger charge is 2.07. The number of rotatable bonds is 5. The molecule has 1 aromatic carbocycles. The van der Waals surface area contributed by atoms with Crippen LogP contribution in [0, 0.1) is 6.92 Å². The zero-order valence-corrected chi connectivity index (χ0v) is 12.4. The summed E-state index contributed by atoms with van der Waals surface area (Å²) in [6.45, 7) is 1.85. The predicted molar refractivity (Wildman–Crippen MR) is 81.1 cm³/mol. The zero-order chi connectivity index (χ0) is 14.5. The number of thioether (sulfide) groups is 1. The van der Waals surface area contributed by atoms with E-state index in [1.165, 1.54) is 11.8 Å². The van der Waals surface area contributed by atoms with E-state index in [4.69, 9.17) is 21.8 Å². The van der Waals surface area contributed by atoms with Crippen LogP contribution in [0.4, 0.5) is 11.4 Å². The van der Waals surface area contributed by atoms with Crippen molar-refractivity contribution in [3.05, 3.63) is 35.2 Å². The van der Waals surface area contributed by atoms with Gasteiger partial charge >= 0.3 is 0 Å². The van der Waals surface area contributed by atoms with Crippen LogP contribution in [0.3, 0.4) is 0 Å². The number of nitrogens with zero attached hydrogens (tertiary/aromatic N) is 1. The van der Waals surface area contributed by atoms with Crippen LogP contribution >= 0.6 is 23.4 Å². The van der Waals surface area contributed by atoms with Crippen LogP contribution < -0.4 is 11.1 Å². The molecule has 0 radical (unpaired) electrons. The second-order valence-electron chi connectivity index (χ2n) is 4.13. The summed E-state index contributed by atoms with van der Waals surface area (Å²) in [5.41, 5.74) is 7.60. The number of carbonyl (C=O) groups is 1. The first-order valence-electron chi connectivity index (χ1n) is 5.94. The Morgan fingerprint density at radius 3 is 3.00 bits per heavy atom. The van der Waals surface area contributed by atoms with Crippen LogP contribution in [-0.4, -0.2) is 16.6 Å². The van der Waals surface area contributed by atoms with E-state index in [1.54, 1.807) is 24.5 Å². The van der Waals surface area contributed by atoms with Crippen molar-refractivity contribution in [1.82, 2.24) is 4.98 Å². The molecular weight excluding hydrogens is 298 g/mol. The summed E-state index contributed by atoms with van der Waals surface area (Å²) in [5.74, 6) is 0.467. The smallest absolute Gasteiger partial charge is 0.255 e. The van der Waals surface area contributed by atoms with Crippen LogP contribution in [0.2, 0.25) is 5.02 Å². The second-order valence-corrected chi connectivity index (χ2v) is 5.62. The molecule has 3 N–H and O–H groups in total. The number of hydrogen-bond donors (Lipinski definition) is 2. The fourth-order valence-corrected chi connectivity index (χ4v) is 2.46. The number of nitrogen functional groups attached to an aromatic ring is 1. The van der Waals surface area contributed by atoms with Crippen LogP contribution in [0.1, 0.15) is 12.1 Å². The standard InChI is InChI=1S/C13H14ClN3O2S/c1-8-7-19-13(16-8)20-5-4-12(18)17-11-3-2-9(14)6-10(11)15/h2-3,6-7H,4-5,15H2,1H3,(H,17,18). The van der Waals surface area contributed by atoms with Gasteiger partial charge < -0.3 is 15.5 Å². The summed E-state index contributed by atoms with van der Waals surface area (Å²) in [6.07, 6.45) is 1.92. The Hall–Kier alpha value is -1.66. The van der Waals surface area contributed by atoms with Gasteiger partial charge in [-0.3, -0.25) is 4.79 Å². The Bertz CT molecular complexity index is 615. The molecule has 20 heavy (non-hydrogen) atoms. The third kappa shape index (κ3) is 4.18. The molecule has 1 aromatic heterocycles. The van der Waals surface area contributed by atoms with Crippen molar-refractivity contribution in [2.75, 3.05) is 16.8 Å². The first-order valence-corrected chi connectivity index (χ1v) is 7.31. The highest BCUT2D eigenvalue weighted by Crippen LogP contribution is 2.23. The molecule has 0 unspecified atom stereocenters. The van der Waals surface area contributed by atoms with Crippen molar-refractivity contribution in [3.8, 4) is 0 Å². The monoisotopic (exact) mass is 311 g/mol. The van der Waals surface area contributed by atoms with Gasteiger partial charge in [-0.05, 0) is 25.1 Å². The van der Waals surface area contributed by atoms with Gasteiger partial charge in [0.25, 0.3) is 5.22 Å². The van der Waals surface area contributed by atoms with E-state index in [0.29, 0.717) is 33.8 Å². The maximum atomic E-state index is 11.8. The summed E-state index contributed by atoms with van der Waals surface area (Å²) < 4.78 is 5.18. The Morgan fingerprint density at radius 2 is 2.35 bits per heavy atom. The topological polar surface area (TPSA) is 81.2 Å². The molecule has 7 heteroatoms. The van der Waals surface area contributed by atoms with Gasteiger partial charge in [-0.25, -0.2) is 4.98 Å². The van der Waals surface area contributed by atoms with Crippen molar-refractivity contribution in [1.29, 1.82) is 0 Å². The number of hydrogen-bond acceptors (Lipinski definition) is 5. The first kappa shape index (κ1) is 14.7. The number of carbonyl (C=O) groups excluding carboxylic acids is 1. The lowest BCUT2D eigenvalue weighted by molar-refractivity contribution is -0.115. The minimum atomic E-state index is -0.116. The first-order chi connectivity index (χ1) is 9.54. The maximum Gasteiger partial charge on any atom is 0.255 e. The van der Waals surface area contributed by atoms with Crippen LogP contribution in [0.5, 0.6) is 0 Å². The van der Waals surface area contributed by atoms with Crippen LogP contribution in [0.25, 0.3) is 0 Å². The summed E-state index contributed by atoms with van der Waals surface area (Å²) in [6, 6.07) is 4.96. The number of nitrogens with two attached hydrogens (primary N) is 1. The molecule has 106 valence electrons. The van der Waals surface area contributed by atoms with Gasteiger partial charge in [-0.2, -0.15) is 0 Å². The molecule has 1 amide bonds. The summed E-state index contributed by atoms with van der Waals surface area (Å²) >= 11 is 7.19. The van der Waals surface area contributed by atoms with Crippen LogP contribution in [0.15, 0.2) is 34.1 Å². The normalized spacial score (nSPS) is 10.5. The molecule has 0 saturated heterocycles. The molecule has 0 bridgehead atoms. The van der Waals surface area contributed by atoms with Gasteiger partial charge in [0.15, 0.2) is 0 Å². The summed E-state index contributed by atoms with van der Waals surface area (Å²) in [4.78, 5) is 15.9. The van der Waals surface area contributed by atoms with Gasteiger partial charge in [-0.1, -0.05) is 23.4 Å². The van der Waals surface area contributed by atoms with E-state index in [9.17, 15) is 4.79 Å². The van der Waals surface area contributed by atoms with Gasteiger partial charge in [-0.15, -0.1) is 0 Å². The lowest BCUT2D eigenvalue weighted by Crippen LogP contribution is -2.13. The highest BCUT2D eigenvalue weighted by atomic mass is 35.5. The number of aromatic nitrogens is 1. The molecule has 0 aliphatic heterocycles. The fourth-order valence-electron chi connectivity index (χ4n) is 1.49. The van der Waals surface area contributed by atoms with E-state index in [-0.39, 0.29) is 5.91 Å². The lowest BCUT2D eigenvalue weighted by Gasteiger charge is -2.07. The number of nitrogens with one attached hydrogen (secondary N) is 1. The van der Waals surface area contributed by atoms with Crippen molar-refractivity contribution < 1.29 is 9.21 Å². The molecule has 2 rings (SSSR count). The van der Waals surface area contributed by atoms with Gasteiger partial charge in [0.2, 0.25) is 5.91 Å². The molecule has 2 aromatic rings. The molecular formula is C13H14ClN3O2S. The fraction of sp³-hybridized carbons (Fsp3) is 0.231. The molecule has 0 aliphatic carbocycles. The molecule has 0 aliphatic rings. The highest BCUT2D eigenvalue weighted by molar-refractivity contribution is 7.99. The van der Waals surface area contributed by atoms with Crippen molar-refractivity contribution in [2.45, 2.75) is 18.6 Å². The minimum Gasteiger partial charge on any atom is -0.440 e. The van der Waals surface area contributed by atoms with Gasteiger partial charge in [0.1, 0.15) is 6.26 Å². The van der Waals surface area contributed by atoms with Crippen molar-refractivity contribution >= 4 is 40.6 Å². The second kappa shape index (κ2) is 6.67. The number of aryl methyl sites for hydroxylation is 1. The predicted octanol–water partition coefficient (Wildman–Crippen LogP) is 3.34. The SMILES string of the molecule is Cc1coc(SCCC(=O)Nc2ccc(Cl)cc2N)n1. The third-order valence-corrected chi connectivity index (χ3v) is 3.52. The number of oxazole rings is 1. The van der Waals surface area contributed by atoms with E-state index in [1.807, 2.05) is 6.92 Å². The number of benzene rings is 1. The van der Waals surface area contributed by atoms with Crippen LogP contribution in [-0.2, 0) is 4.79 Å². The Morgan fingerprint density at radius 1 is 1.55 bits per heavy atom. The Balaban J connectivity index is 1.80. The molecule has 1 heterocycles. The molecule has 0 spiro atoms. The van der Waals surface area contributed by atoms with E-state index in [2.05, 4.69) is 10.3 Å². The molecule has 5 nitrogen and oxygen atoms in total. The summed E-state index contributed by atoms with van der Waals surface area (Å²) in [7, 11) is 0. The third-order valence-electron chi connectivity index (χ3n) is 2.44. The lowest BCUT2D eigenvalue weighted by atomic mass is 10.2. The zero-order valence-electron chi connectivity index (χ0n) is 10.9. The molecule has 0 atom stereocenters. The molecule has 0 fully saturated rings. The van der Waals surface area contributed by atoms with E-state index >= 15 is 0 Å². The average molecular weight is 312 g/mol. The average Bonchev–Trinajstić information content (AvgIpc) is 2.79. The Labute approximate surface area is 125 Å². The number of amides is 1. The van der Waals surface area contributed by atoms with Gasteiger partial charge in [0.05, 0.1) is 17.1 Å². The molecule has 0 saturated carbocycles. The maximum absolute atomic E-state index is 11.8. The van der Waals surface area contributed by atoms with E-state index < -0.39 is 0 Å². The van der Waals surface area contributed by atoms with E-state index in [0.717, 1.165) is 5.69 Å². The van der Waals surface area contributed by atoms with Gasteiger partial charge in [0, 0.05) is 17.2 Å².